The van der Waals surface area contributed by atoms with Gasteiger partial charge in [-0.2, -0.15) is 0 Å². The average Bonchev–Trinajstić information content (AvgIpc) is 2.55. The molecule has 0 heterocycles. The Morgan fingerprint density at radius 2 is 1.62 bits per heavy atom. The SMILES string of the molecule is CCCCCCCCNC1CCCCC1c1ccccc1. The van der Waals surface area contributed by atoms with Crippen molar-refractivity contribution in [1.29, 1.82) is 0 Å². The first kappa shape index (κ1) is 16.5. The van der Waals surface area contributed by atoms with Crippen molar-refractivity contribution < 1.29 is 0 Å². The van der Waals surface area contributed by atoms with Crippen molar-refractivity contribution in [2.45, 2.75) is 83.1 Å². The van der Waals surface area contributed by atoms with Crippen molar-refractivity contribution in [2.75, 3.05) is 6.54 Å². The number of rotatable bonds is 9. The molecule has 0 aromatic heterocycles. The first-order chi connectivity index (χ1) is 10.4. The van der Waals surface area contributed by atoms with Crippen LogP contribution in [0.3, 0.4) is 0 Å². The van der Waals surface area contributed by atoms with Gasteiger partial charge in [0.05, 0.1) is 0 Å². The molecule has 0 amide bonds. The highest BCUT2D eigenvalue weighted by atomic mass is 14.9. The zero-order valence-corrected chi connectivity index (χ0v) is 13.8. The molecule has 1 N–H and O–H groups in total. The second kappa shape index (κ2) is 10.00. The second-order valence-corrected chi connectivity index (χ2v) is 6.63. The zero-order valence-electron chi connectivity index (χ0n) is 13.8. The maximum absolute atomic E-state index is 3.86. The van der Waals surface area contributed by atoms with Gasteiger partial charge in [-0.1, -0.05) is 82.2 Å². The van der Waals surface area contributed by atoms with Crippen molar-refractivity contribution in [3.63, 3.8) is 0 Å². The molecule has 21 heavy (non-hydrogen) atoms. The Hall–Kier alpha value is -0.820. The van der Waals surface area contributed by atoms with E-state index in [1.54, 1.807) is 0 Å². The molecule has 1 aliphatic rings. The molecule has 1 fully saturated rings. The van der Waals surface area contributed by atoms with Gasteiger partial charge in [0.2, 0.25) is 0 Å². The average molecular weight is 287 g/mol. The van der Waals surface area contributed by atoms with Gasteiger partial charge in [-0.05, 0) is 37.3 Å². The summed E-state index contributed by atoms with van der Waals surface area (Å²) in [6, 6.07) is 11.8. The van der Waals surface area contributed by atoms with Gasteiger partial charge in [0, 0.05) is 6.04 Å². The van der Waals surface area contributed by atoms with Gasteiger partial charge in [-0.15, -0.1) is 0 Å². The van der Waals surface area contributed by atoms with Crippen LogP contribution in [0.5, 0.6) is 0 Å². The maximum atomic E-state index is 3.86. The molecule has 0 bridgehead atoms. The van der Waals surface area contributed by atoms with E-state index in [9.17, 15) is 0 Å². The molecule has 0 aliphatic heterocycles. The van der Waals surface area contributed by atoms with E-state index in [0.717, 1.165) is 5.92 Å². The van der Waals surface area contributed by atoms with Crippen molar-refractivity contribution in [1.82, 2.24) is 5.32 Å². The van der Waals surface area contributed by atoms with Crippen LogP contribution in [0.4, 0.5) is 0 Å². The third kappa shape index (κ3) is 5.82. The summed E-state index contributed by atoms with van der Waals surface area (Å²) in [5.41, 5.74) is 1.54. The minimum Gasteiger partial charge on any atom is -0.313 e. The lowest BCUT2D eigenvalue weighted by molar-refractivity contribution is 0.325. The largest absolute Gasteiger partial charge is 0.313 e. The topological polar surface area (TPSA) is 12.0 Å². The predicted octanol–water partition coefficient (Wildman–Crippen LogP) is 5.66. The monoisotopic (exact) mass is 287 g/mol. The van der Waals surface area contributed by atoms with Gasteiger partial charge < -0.3 is 5.32 Å². The van der Waals surface area contributed by atoms with Gasteiger partial charge in [0.15, 0.2) is 0 Å². The summed E-state index contributed by atoms with van der Waals surface area (Å²) in [5.74, 6) is 0.736. The fourth-order valence-corrected chi connectivity index (χ4v) is 3.67. The highest BCUT2D eigenvalue weighted by Gasteiger charge is 2.25. The van der Waals surface area contributed by atoms with Crippen LogP contribution in [0.1, 0.15) is 82.6 Å². The molecule has 2 unspecified atom stereocenters. The van der Waals surface area contributed by atoms with Crippen LogP contribution in [-0.2, 0) is 0 Å². The Labute approximate surface area is 131 Å². The summed E-state index contributed by atoms with van der Waals surface area (Å²) < 4.78 is 0. The van der Waals surface area contributed by atoms with E-state index in [-0.39, 0.29) is 0 Å². The van der Waals surface area contributed by atoms with Crippen LogP contribution in [0.2, 0.25) is 0 Å². The molecule has 2 atom stereocenters. The minimum absolute atomic E-state index is 0.705. The van der Waals surface area contributed by atoms with E-state index in [1.807, 2.05) is 0 Å². The fourth-order valence-electron chi connectivity index (χ4n) is 3.67. The summed E-state index contributed by atoms with van der Waals surface area (Å²) in [6.07, 6.45) is 13.9. The van der Waals surface area contributed by atoms with Crippen LogP contribution >= 0.6 is 0 Å². The van der Waals surface area contributed by atoms with E-state index in [2.05, 4.69) is 42.6 Å². The quantitative estimate of drug-likeness (QED) is 0.578. The lowest BCUT2D eigenvalue weighted by atomic mass is 9.80. The van der Waals surface area contributed by atoms with Crippen molar-refractivity contribution >= 4 is 0 Å². The van der Waals surface area contributed by atoms with Crippen LogP contribution in [0.25, 0.3) is 0 Å². The number of hydrogen-bond acceptors (Lipinski definition) is 1. The first-order valence-corrected chi connectivity index (χ1v) is 9.20. The molecule has 1 heteroatoms. The lowest BCUT2D eigenvalue weighted by Crippen LogP contribution is -2.37. The van der Waals surface area contributed by atoms with E-state index in [0.29, 0.717) is 6.04 Å². The highest BCUT2D eigenvalue weighted by molar-refractivity contribution is 5.21. The van der Waals surface area contributed by atoms with Crippen molar-refractivity contribution in [2.24, 2.45) is 0 Å². The first-order valence-electron chi connectivity index (χ1n) is 9.20. The molecule has 118 valence electrons. The maximum Gasteiger partial charge on any atom is 0.0136 e. The third-order valence-corrected chi connectivity index (χ3v) is 4.93. The molecule has 1 aliphatic carbocycles. The van der Waals surface area contributed by atoms with E-state index < -0.39 is 0 Å². The Morgan fingerprint density at radius 3 is 2.43 bits per heavy atom. The van der Waals surface area contributed by atoms with E-state index in [4.69, 9.17) is 0 Å². The predicted molar refractivity (Wildman–Crippen MR) is 92.8 cm³/mol. The molecular weight excluding hydrogens is 254 g/mol. The molecule has 1 nitrogen and oxygen atoms in total. The van der Waals surface area contributed by atoms with Crippen LogP contribution < -0.4 is 5.32 Å². The number of benzene rings is 1. The molecule has 0 radical (unpaired) electrons. The minimum atomic E-state index is 0.705. The van der Waals surface area contributed by atoms with Crippen molar-refractivity contribution in [3.05, 3.63) is 35.9 Å². The molecule has 0 saturated heterocycles. The van der Waals surface area contributed by atoms with Gasteiger partial charge in [0.25, 0.3) is 0 Å². The Kier molecular flexibility index (Phi) is 7.88. The summed E-state index contributed by atoms with van der Waals surface area (Å²) in [4.78, 5) is 0. The lowest BCUT2D eigenvalue weighted by Gasteiger charge is -2.33. The summed E-state index contributed by atoms with van der Waals surface area (Å²) in [7, 11) is 0. The van der Waals surface area contributed by atoms with Crippen LogP contribution in [0.15, 0.2) is 30.3 Å². The molecule has 1 aromatic carbocycles. The summed E-state index contributed by atoms with van der Waals surface area (Å²) in [6.45, 7) is 3.49. The Balaban J connectivity index is 1.70. The molecule has 0 spiro atoms. The summed E-state index contributed by atoms with van der Waals surface area (Å²) >= 11 is 0. The van der Waals surface area contributed by atoms with Crippen LogP contribution in [-0.4, -0.2) is 12.6 Å². The van der Waals surface area contributed by atoms with Gasteiger partial charge >= 0.3 is 0 Å². The number of nitrogens with one attached hydrogen (secondary N) is 1. The fraction of sp³-hybridized carbons (Fsp3) is 0.700. The number of hydrogen-bond donors (Lipinski definition) is 1. The third-order valence-electron chi connectivity index (χ3n) is 4.93. The van der Waals surface area contributed by atoms with E-state index in [1.165, 1.54) is 76.3 Å². The smallest absolute Gasteiger partial charge is 0.0136 e. The van der Waals surface area contributed by atoms with Crippen molar-refractivity contribution in [3.8, 4) is 0 Å². The van der Waals surface area contributed by atoms with Gasteiger partial charge in [-0.25, -0.2) is 0 Å². The summed E-state index contributed by atoms with van der Waals surface area (Å²) in [5, 5.41) is 3.86. The normalized spacial score (nSPS) is 22.3. The highest BCUT2D eigenvalue weighted by Crippen LogP contribution is 2.32. The second-order valence-electron chi connectivity index (χ2n) is 6.63. The van der Waals surface area contributed by atoms with E-state index >= 15 is 0 Å². The Bertz CT molecular complexity index is 359. The van der Waals surface area contributed by atoms with Crippen LogP contribution in [0, 0.1) is 0 Å². The molecular formula is C20H33N. The molecule has 2 rings (SSSR count). The standard InChI is InChI=1S/C20H33N/c1-2-3-4-5-6-12-17-21-20-16-11-10-15-19(20)18-13-8-7-9-14-18/h7-9,13-14,19-21H,2-6,10-12,15-17H2,1H3. The molecule has 1 saturated carbocycles. The zero-order chi connectivity index (χ0) is 14.8. The molecule has 1 aromatic rings. The van der Waals surface area contributed by atoms with Gasteiger partial charge in [-0.3, -0.25) is 0 Å². The number of unbranched alkanes of at least 4 members (excludes halogenated alkanes) is 5. The Morgan fingerprint density at radius 1 is 0.905 bits per heavy atom. The van der Waals surface area contributed by atoms with Gasteiger partial charge in [0.1, 0.15) is 0 Å².